The van der Waals surface area contributed by atoms with Crippen LogP contribution in [0.15, 0.2) is 6.33 Å². The monoisotopic (exact) mass is 284 g/mol. The number of aliphatic hydroxyl groups is 1. The molecule has 0 aromatic carbocycles. The minimum absolute atomic E-state index is 0.101. The molecule has 0 saturated carbocycles. The lowest BCUT2D eigenvalue weighted by molar-refractivity contribution is -0.201. The maximum atomic E-state index is 11.0. The average Bonchev–Trinajstić information content (AvgIpc) is 3.01. The van der Waals surface area contributed by atoms with E-state index in [2.05, 4.69) is 10.1 Å². The highest BCUT2D eigenvalue weighted by molar-refractivity contribution is 5.88. The van der Waals surface area contributed by atoms with Crippen LogP contribution in [0.25, 0.3) is 0 Å². The zero-order valence-electron chi connectivity index (χ0n) is 11.1. The number of rotatable bonds is 3. The summed E-state index contributed by atoms with van der Waals surface area (Å²) in [6.07, 6.45) is -0.644. The smallest absolute Gasteiger partial charge is 0.288 e. The van der Waals surface area contributed by atoms with E-state index >= 15 is 0 Å². The zero-order valence-corrected chi connectivity index (χ0v) is 11.1. The lowest BCUT2D eigenvalue weighted by atomic mass is 10.1. The van der Waals surface area contributed by atoms with Gasteiger partial charge in [0.2, 0.25) is 5.82 Å². The van der Waals surface area contributed by atoms with E-state index in [9.17, 15) is 9.90 Å². The number of hydrogen-bond acceptors (Lipinski definition) is 7. The van der Waals surface area contributed by atoms with Crippen molar-refractivity contribution in [1.29, 1.82) is 0 Å². The number of carbonyl (C=O) groups excluding carboxylic acids is 1. The first-order valence-corrected chi connectivity index (χ1v) is 6.24. The number of aromatic nitrogens is 3. The molecule has 1 amide bonds. The fourth-order valence-corrected chi connectivity index (χ4v) is 2.53. The summed E-state index contributed by atoms with van der Waals surface area (Å²) in [7, 11) is 0. The second kappa shape index (κ2) is 4.48. The standard InChI is InChI=1S/C11H16N4O5/c1-11(2)19-6-5(3-16)18-10(7(6)20-11)15-4-13-9(14-15)8(12)17/h4-7,10,16H,3H2,1-2H3,(H2,12,17)/t5-,6+,7?,10+/m1/s1. The van der Waals surface area contributed by atoms with Crippen molar-refractivity contribution < 1.29 is 24.1 Å². The van der Waals surface area contributed by atoms with Gasteiger partial charge >= 0.3 is 0 Å². The van der Waals surface area contributed by atoms with Gasteiger partial charge in [-0.1, -0.05) is 0 Å². The molecular weight excluding hydrogens is 268 g/mol. The third-order valence-electron chi connectivity index (χ3n) is 3.29. The highest BCUT2D eigenvalue weighted by Crippen LogP contribution is 2.42. The molecule has 0 spiro atoms. The van der Waals surface area contributed by atoms with Crippen molar-refractivity contribution >= 4 is 5.91 Å². The van der Waals surface area contributed by atoms with E-state index in [0.717, 1.165) is 0 Å². The first kappa shape index (κ1) is 13.4. The molecule has 0 aliphatic carbocycles. The third kappa shape index (κ3) is 2.08. The quantitative estimate of drug-likeness (QED) is 0.713. The molecule has 110 valence electrons. The summed E-state index contributed by atoms with van der Waals surface area (Å²) in [5, 5.41) is 13.3. The van der Waals surface area contributed by atoms with Gasteiger partial charge in [-0.15, -0.1) is 5.10 Å². The number of ether oxygens (including phenoxy) is 3. The Hall–Kier alpha value is -1.55. The topological polar surface area (TPSA) is 122 Å². The highest BCUT2D eigenvalue weighted by Gasteiger charge is 2.56. The molecule has 0 radical (unpaired) electrons. The van der Waals surface area contributed by atoms with Gasteiger partial charge in [0.15, 0.2) is 12.0 Å². The Balaban J connectivity index is 1.87. The molecule has 2 aliphatic rings. The molecule has 3 N–H and O–H groups in total. The zero-order chi connectivity index (χ0) is 14.5. The van der Waals surface area contributed by atoms with Gasteiger partial charge in [-0.25, -0.2) is 9.67 Å². The SMILES string of the molecule is CC1(C)OC2[C@@H](O1)[C@@H](CO)O[C@@H]2n1cnc(C(N)=O)n1. The normalized spacial score (nSPS) is 35.1. The van der Waals surface area contributed by atoms with Crippen LogP contribution in [0.2, 0.25) is 0 Å². The molecule has 1 unspecified atom stereocenters. The fourth-order valence-electron chi connectivity index (χ4n) is 2.53. The van der Waals surface area contributed by atoms with Crippen molar-refractivity contribution in [3.05, 3.63) is 12.2 Å². The van der Waals surface area contributed by atoms with Crippen LogP contribution in [-0.2, 0) is 14.2 Å². The predicted molar refractivity (Wildman–Crippen MR) is 63.4 cm³/mol. The molecule has 9 heteroatoms. The number of carbonyl (C=O) groups is 1. The van der Waals surface area contributed by atoms with Crippen LogP contribution in [-0.4, -0.2) is 56.5 Å². The maximum absolute atomic E-state index is 11.0. The number of aliphatic hydroxyl groups excluding tert-OH is 1. The third-order valence-corrected chi connectivity index (χ3v) is 3.29. The molecule has 3 rings (SSSR count). The van der Waals surface area contributed by atoms with Crippen molar-refractivity contribution in [2.24, 2.45) is 5.73 Å². The average molecular weight is 284 g/mol. The van der Waals surface area contributed by atoms with E-state index in [0.29, 0.717) is 0 Å². The van der Waals surface area contributed by atoms with Crippen LogP contribution >= 0.6 is 0 Å². The molecule has 0 bridgehead atoms. The van der Waals surface area contributed by atoms with Gasteiger partial charge in [0.1, 0.15) is 24.6 Å². The Morgan fingerprint density at radius 2 is 2.20 bits per heavy atom. The van der Waals surface area contributed by atoms with Crippen LogP contribution < -0.4 is 5.73 Å². The van der Waals surface area contributed by atoms with Crippen molar-refractivity contribution in [2.45, 2.75) is 44.2 Å². The van der Waals surface area contributed by atoms with Crippen molar-refractivity contribution in [3.63, 3.8) is 0 Å². The van der Waals surface area contributed by atoms with Gasteiger partial charge in [0, 0.05) is 0 Å². The van der Waals surface area contributed by atoms with E-state index in [-0.39, 0.29) is 12.4 Å². The Morgan fingerprint density at radius 3 is 2.80 bits per heavy atom. The summed E-state index contributed by atoms with van der Waals surface area (Å²) in [5.41, 5.74) is 5.12. The summed E-state index contributed by atoms with van der Waals surface area (Å²) in [5.74, 6) is -1.59. The fraction of sp³-hybridized carbons (Fsp3) is 0.727. The second-order valence-electron chi connectivity index (χ2n) is 5.22. The molecule has 4 atom stereocenters. The Kier molecular flexibility index (Phi) is 3.01. The minimum atomic E-state index is -0.766. The van der Waals surface area contributed by atoms with Gasteiger partial charge in [0.05, 0.1) is 6.61 Å². The molecule has 20 heavy (non-hydrogen) atoms. The first-order valence-electron chi connectivity index (χ1n) is 6.24. The van der Waals surface area contributed by atoms with Gasteiger partial charge < -0.3 is 25.1 Å². The van der Waals surface area contributed by atoms with E-state index in [1.54, 1.807) is 13.8 Å². The Morgan fingerprint density at radius 1 is 1.50 bits per heavy atom. The van der Waals surface area contributed by atoms with Gasteiger partial charge in [-0.3, -0.25) is 4.79 Å². The van der Waals surface area contributed by atoms with Gasteiger partial charge in [0.25, 0.3) is 5.91 Å². The first-order chi connectivity index (χ1) is 9.41. The largest absolute Gasteiger partial charge is 0.394 e. The molecule has 3 heterocycles. The van der Waals surface area contributed by atoms with Gasteiger partial charge in [-0.2, -0.15) is 0 Å². The number of nitrogens with two attached hydrogens (primary N) is 1. The molecule has 2 saturated heterocycles. The summed E-state index contributed by atoms with van der Waals surface area (Å²) >= 11 is 0. The van der Waals surface area contributed by atoms with Crippen molar-refractivity contribution in [1.82, 2.24) is 14.8 Å². The molecule has 2 aliphatic heterocycles. The number of fused-ring (bicyclic) bond motifs is 1. The van der Waals surface area contributed by atoms with E-state index in [1.807, 2.05) is 0 Å². The van der Waals surface area contributed by atoms with Crippen LogP contribution in [0.5, 0.6) is 0 Å². The summed E-state index contributed by atoms with van der Waals surface area (Å²) in [6, 6.07) is 0. The highest BCUT2D eigenvalue weighted by atomic mass is 16.8. The van der Waals surface area contributed by atoms with Crippen LogP contribution in [0, 0.1) is 0 Å². The molecule has 9 nitrogen and oxygen atoms in total. The molecule has 2 fully saturated rings. The summed E-state index contributed by atoms with van der Waals surface area (Å²) < 4.78 is 18.5. The number of amides is 1. The molecular formula is C11H16N4O5. The van der Waals surface area contributed by atoms with E-state index in [4.69, 9.17) is 19.9 Å². The summed E-state index contributed by atoms with van der Waals surface area (Å²) in [6.45, 7) is 3.37. The lowest BCUT2D eigenvalue weighted by Gasteiger charge is -2.23. The van der Waals surface area contributed by atoms with Gasteiger partial charge in [-0.05, 0) is 13.8 Å². The van der Waals surface area contributed by atoms with Crippen molar-refractivity contribution in [3.8, 4) is 0 Å². The molecule has 1 aromatic heterocycles. The van der Waals surface area contributed by atoms with Crippen LogP contribution in [0.4, 0.5) is 0 Å². The predicted octanol–water partition coefficient (Wildman–Crippen LogP) is -1.21. The van der Waals surface area contributed by atoms with E-state index < -0.39 is 36.2 Å². The molecule has 1 aromatic rings. The van der Waals surface area contributed by atoms with Crippen LogP contribution in [0.3, 0.4) is 0 Å². The Bertz CT molecular complexity index is 531. The number of primary amides is 1. The lowest BCUT2D eigenvalue weighted by Crippen LogP contribution is -2.31. The second-order valence-corrected chi connectivity index (χ2v) is 5.22. The Labute approximate surface area is 114 Å². The maximum Gasteiger partial charge on any atom is 0.288 e. The number of nitrogens with zero attached hydrogens (tertiary/aromatic N) is 3. The van der Waals surface area contributed by atoms with Crippen molar-refractivity contribution in [2.75, 3.05) is 6.61 Å². The van der Waals surface area contributed by atoms with E-state index in [1.165, 1.54) is 11.0 Å². The minimum Gasteiger partial charge on any atom is -0.394 e. The number of hydrogen-bond donors (Lipinski definition) is 2. The van der Waals surface area contributed by atoms with Crippen LogP contribution in [0.1, 0.15) is 30.7 Å². The summed E-state index contributed by atoms with van der Waals surface area (Å²) in [4.78, 5) is 14.8.